The van der Waals surface area contributed by atoms with Gasteiger partial charge in [-0.3, -0.25) is 19.4 Å². The minimum absolute atomic E-state index is 0.145. The van der Waals surface area contributed by atoms with Crippen LogP contribution in [0.3, 0.4) is 0 Å². The first kappa shape index (κ1) is 21.5. The van der Waals surface area contributed by atoms with Crippen LogP contribution in [-0.4, -0.2) is 53.8 Å². The molecule has 2 heterocycles. The van der Waals surface area contributed by atoms with E-state index in [9.17, 15) is 14.0 Å². The molecule has 2 aliphatic rings. The van der Waals surface area contributed by atoms with E-state index < -0.39 is 11.9 Å². The van der Waals surface area contributed by atoms with Crippen molar-refractivity contribution in [2.75, 3.05) is 31.1 Å². The number of hydrogen-bond donors (Lipinski definition) is 0. The molecule has 2 amide bonds. The monoisotopic (exact) mass is 443 g/mol. The summed E-state index contributed by atoms with van der Waals surface area (Å²) in [7, 11) is 0. The lowest BCUT2D eigenvalue weighted by atomic mass is 9.96. The van der Waals surface area contributed by atoms with Gasteiger partial charge in [-0.2, -0.15) is 0 Å². The third-order valence-electron chi connectivity index (χ3n) is 6.59. The molecule has 0 radical (unpaired) electrons. The summed E-state index contributed by atoms with van der Waals surface area (Å²) in [5.41, 5.74) is 2.92. The first-order valence-electron chi connectivity index (χ1n) is 11.3. The summed E-state index contributed by atoms with van der Waals surface area (Å²) in [5, 5.41) is 0. The van der Waals surface area contributed by atoms with Gasteiger partial charge in [0.15, 0.2) is 0 Å². The Labute approximate surface area is 193 Å². The average molecular weight is 444 g/mol. The molecule has 0 unspecified atom stereocenters. The molecule has 0 aliphatic carbocycles. The van der Waals surface area contributed by atoms with Crippen molar-refractivity contribution in [1.82, 2.24) is 9.80 Å². The number of carbonyl (C=O) groups is 2. The molecular weight excluding hydrogens is 417 g/mol. The Morgan fingerprint density at radius 1 is 0.727 bits per heavy atom. The molecule has 2 fully saturated rings. The maximum absolute atomic E-state index is 13.3. The van der Waals surface area contributed by atoms with E-state index in [1.165, 1.54) is 40.3 Å². The fourth-order valence-electron chi connectivity index (χ4n) is 4.95. The number of carbonyl (C=O) groups excluding carboxylic acids is 2. The number of benzene rings is 3. The van der Waals surface area contributed by atoms with Crippen molar-refractivity contribution < 1.29 is 14.0 Å². The van der Waals surface area contributed by atoms with Gasteiger partial charge in [-0.1, -0.05) is 60.7 Å². The largest absolute Gasteiger partial charge is 0.290 e. The summed E-state index contributed by atoms with van der Waals surface area (Å²) in [4.78, 5) is 31.5. The van der Waals surface area contributed by atoms with Gasteiger partial charge in [-0.15, -0.1) is 0 Å². The minimum Gasteiger partial charge on any atom is -0.290 e. The number of imide groups is 1. The Balaban J connectivity index is 1.31. The number of amides is 2. The third kappa shape index (κ3) is 4.32. The summed E-state index contributed by atoms with van der Waals surface area (Å²) in [6, 6.07) is 26.1. The second-order valence-electron chi connectivity index (χ2n) is 8.56. The van der Waals surface area contributed by atoms with E-state index in [0.29, 0.717) is 18.8 Å². The number of piperazine rings is 1. The van der Waals surface area contributed by atoms with Crippen LogP contribution in [0.5, 0.6) is 0 Å². The van der Waals surface area contributed by atoms with Crippen molar-refractivity contribution in [2.24, 2.45) is 0 Å². The smallest absolute Gasteiger partial charge is 0.251 e. The number of hydrogen-bond acceptors (Lipinski definition) is 4. The van der Waals surface area contributed by atoms with Crippen molar-refractivity contribution in [3.05, 3.63) is 102 Å². The van der Waals surface area contributed by atoms with E-state index in [0.717, 1.165) is 13.1 Å². The van der Waals surface area contributed by atoms with Gasteiger partial charge in [0.25, 0.3) is 5.91 Å². The van der Waals surface area contributed by atoms with Gasteiger partial charge in [0, 0.05) is 26.2 Å². The van der Waals surface area contributed by atoms with E-state index in [-0.39, 0.29) is 24.3 Å². The van der Waals surface area contributed by atoms with Crippen molar-refractivity contribution in [2.45, 2.75) is 18.5 Å². The van der Waals surface area contributed by atoms with E-state index in [4.69, 9.17) is 0 Å². The van der Waals surface area contributed by atoms with Gasteiger partial charge in [0.2, 0.25) is 5.91 Å². The molecular formula is C27H26FN3O2. The van der Waals surface area contributed by atoms with Crippen molar-refractivity contribution in [1.29, 1.82) is 0 Å². The van der Waals surface area contributed by atoms with Crippen LogP contribution in [0, 0.1) is 5.82 Å². The van der Waals surface area contributed by atoms with Crippen LogP contribution in [0.15, 0.2) is 84.9 Å². The Morgan fingerprint density at radius 2 is 1.27 bits per heavy atom. The van der Waals surface area contributed by atoms with E-state index in [1.54, 1.807) is 0 Å². The van der Waals surface area contributed by atoms with Gasteiger partial charge in [0.1, 0.15) is 5.82 Å². The lowest BCUT2D eigenvalue weighted by Gasteiger charge is -2.41. The summed E-state index contributed by atoms with van der Waals surface area (Å²) in [5.74, 6) is -0.842. The normalized spacial score (nSPS) is 20.1. The minimum atomic E-state index is -0.461. The fraction of sp³-hybridized carbons (Fsp3) is 0.259. The predicted octanol–water partition coefficient (Wildman–Crippen LogP) is 3.86. The molecule has 5 nitrogen and oxygen atoms in total. The quantitative estimate of drug-likeness (QED) is 0.562. The molecule has 0 N–H and O–H groups in total. The average Bonchev–Trinajstić information content (AvgIpc) is 3.15. The van der Waals surface area contributed by atoms with E-state index in [2.05, 4.69) is 58.3 Å². The van der Waals surface area contributed by atoms with Crippen LogP contribution in [-0.2, 0) is 9.59 Å². The first-order valence-corrected chi connectivity index (χ1v) is 11.3. The maximum atomic E-state index is 13.3. The number of halogens is 1. The van der Waals surface area contributed by atoms with Crippen LogP contribution < -0.4 is 4.90 Å². The SMILES string of the molecule is O=C1C[C@H](N2CCN(C(c3ccccc3)c3ccccc3)CC2)C(=O)N1c1ccc(F)cc1. The summed E-state index contributed by atoms with van der Waals surface area (Å²) in [6.45, 7) is 3.00. The molecule has 2 aliphatic heterocycles. The summed E-state index contributed by atoms with van der Waals surface area (Å²) < 4.78 is 13.3. The first-order chi connectivity index (χ1) is 16.1. The molecule has 0 bridgehead atoms. The van der Waals surface area contributed by atoms with Crippen LogP contribution in [0.4, 0.5) is 10.1 Å². The zero-order valence-corrected chi connectivity index (χ0v) is 18.3. The summed E-state index contributed by atoms with van der Waals surface area (Å²) >= 11 is 0. The molecule has 6 heteroatoms. The van der Waals surface area contributed by atoms with Crippen LogP contribution in [0.1, 0.15) is 23.6 Å². The summed E-state index contributed by atoms with van der Waals surface area (Å²) in [6.07, 6.45) is 0.164. The van der Waals surface area contributed by atoms with Crippen molar-refractivity contribution in [3.63, 3.8) is 0 Å². The van der Waals surface area contributed by atoms with Crippen LogP contribution in [0.2, 0.25) is 0 Å². The van der Waals surface area contributed by atoms with E-state index in [1.807, 2.05) is 12.1 Å². The number of anilines is 1. The van der Waals surface area contributed by atoms with E-state index >= 15 is 0 Å². The highest BCUT2D eigenvalue weighted by molar-refractivity contribution is 6.22. The molecule has 3 aromatic rings. The van der Waals surface area contributed by atoms with Gasteiger partial charge in [0.05, 0.1) is 24.2 Å². The van der Waals surface area contributed by atoms with Crippen molar-refractivity contribution in [3.8, 4) is 0 Å². The zero-order chi connectivity index (χ0) is 22.8. The molecule has 0 saturated carbocycles. The highest BCUT2D eigenvalue weighted by Crippen LogP contribution is 2.31. The van der Waals surface area contributed by atoms with Crippen LogP contribution in [0.25, 0.3) is 0 Å². The molecule has 5 rings (SSSR count). The topological polar surface area (TPSA) is 43.9 Å². The van der Waals surface area contributed by atoms with Gasteiger partial charge < -0.3 is 0 Å². The fourth-order valence-corrected chi connectivity index (χ4v) is 4.95. The van der Waals surface area contributed by atoms with Gasteiger partial charge >= 0.3 is 0 Å². The predicted molar refractivity (Wildman–Crippen MR) is 125 cm³/mol. The lowest BCUT2D eigenvalue weighted by molar-refractivity contribution is -0.123. The Bertz CT molecular complexity index is 1070. The number of rotatable bonds is 5. The Kier molecular flexibility index (Phi) is 6.03. The molecule has 168 valence electrons. The van der Waals surface area contributed by atoms with Gasteiger partial charge in [-0.05, 0) is 35.4 Å². The van der Waals surface area contributed by atoms with Crippen LogP contribution >= 0.6 is 0 Å². The highest BCUT2D eigenvalue weighted by atomic mass is 19.1. The molecule has 3 aromatic carbocycles. The second-order valence-corrected chi connectivity index (χ2v) is 8.56. The Morgan fingerprint density at radius 3 is 1.82 bits per heavy atom. The molecule has 1 atom stereocenters. The highest BCUT2D eigenvalue weighted by Gasteiger charge is 2.43. The maximum Gasteiger partial charge on any atom is 0.251 e. The molecule has 33 heavy (non-hydrogen) atoms. The second kappa shape index (κ2) is 9.25. The molecule has 2 saturated heterocycles. The lowest BCUT2D eigenvalue weighted by Crippen LogP contribution is -2.53. The third-order valence-corrected chi connectivity index (χ3v) is 6.59. The van der Waals surface area contributed by atoms with Gasteiger partial charge in [-0.25, -0.2) is 9.29 Å². The zero-order valence-electron chi connectivity index (χ0n) is 18.3. The standard InChI is InChI=1S/C27H26FN3O2/c28-22-11-13-23(14-12-22)31-25(32)19-24(27(31)33)29-15-17-30(18-16-29)26(20-7-3-1-4-8-20)21-9-5-2-6-10-21/h1-14,24,26H,15-19H2/t24-/m0/s1. The Hall–Kier alpha value is -3.35. The molecule has 0 spiro atoms. The molecule has 0 aromatic heterocycles. The van der Waals surface area contributed by atoms with Crippen molar-refractivity contribution >= 4 is 17.5 Å². The number of nitrogens with zero attached hydrogens (tertiary/aromatic N) is 3.